The van der Waals surface area contributed by atoms with E-state index >= 15 is 0 Å². The quantitative estimate of drug-likeness (QED) is 0.130. The number of rotatable bonds is 12. The average Bonchev–Trinajstić information content (AvgIpc) is 3.73. The monoisotopic (exact) mass is 688 g/mol. The fourth-order valence-corrected chi connectivity index (χ4v) is 13.0. The molecule has 0 nitrogen and oxygen atoms in total. The van der Waals surface area contributed by atoms with Crippen molar-refractivity contribution in [3.8, 4) is 22.3 Å². The van der Waals surface area contributed by atoms with Gasteiger partial charge in [0.15, 0.2) is 0 Å². The van der Waals surface area contributed by atoms with Crippen molar-refractivity contribution in [3.63, 3.8) is 0 Å². The van der Waals surface area contributed by atoms with Gasteiger partial charge in [0.1, 0.15) is 0 Å². The summed E-state index contributed by atoms with van der Waals surface area (Å²) in [5.41, 5.74) is 18.4. The molecule has 0 saturated heterocycles. The highest BCUT2D eigenvalue weighted by molar-refractivity contribution is 6.36. The largest absolute Gasteiger partial charge is 0.0651 e. The van der Waals surface area contributed by atoms with Gasteiger partial charge in [-0.25, -0.2) is 0 Å². The van der Waals surface area contributed by atoms with Crippen molar-refractivity contribution in [2.24, 2.45) is 0 Å². The molecule has 4 aliphatic carbocycles. The van der Waals surface area contributed by atoms with Crippen LogP contribution < -0.4 is 0 Å². The molecule has 2 fully saturated rings. The van der Waals surface area contributed by atoms with Gasteiger partial charge in [-0.1, -0.05) is 186 Å². The Bertz CT molecular complexity index is 1710. The van der Waals surface area contributed by atoms with E-state index in [1.807, 2.05) is 0 Å². The zero-order valence-electron chi connectivity index (χ0n) is 31.6. The summed E-state index contributed by atoms with van der Waals surface area (Å²) in [6.07, 6.45) is 24.0. The van der Waals surface area contributed by atoms with Crippen molar-refractivity contribution in [1.29, 1.82) is 0 Å². The summed E-state index contributed by atoms with van der Waals surface area (Å²) in [4.78, 5) is 0. The van der Waals surface area contributed by atoms with E-state index in [-0.39, 0.29) is 9.52 Å². The van der Waals surface area contributed by atoms with Gasteiger partial charge in [0, 0.05) is 21.4 Å². The van der Waals surface area contributed by atoms with Crippen LogP contribution in [0.1, 0.15) is 161 Å². The van der Waals surface area contributed by atoms with Gasteiger partial charge < -0.3 is 0 Å². The zero-order chi connectivity index (χ0) is 34.6. The lowest BCUT2D eigenvalue weighted by Gasteiger charge is -2.22. The molecule has 8 rings (SSSR count). The van der Waals surface area contributed by atoms with E-state index < -0.39 is 0 Å². The summed E-state index contributed by atoms with van der Waals surface area (Å²) in [6, 6.07) is 36.6. The Morgan fingerprint density at radius 3 is 1.29 bits per heavy atom. The summed E-state index contributed by atoms with van der Waals surface area (Å²) in [7, 11) is -0.290. The number of allylic oxidation sites excluding steroid dienone is 2. The van der Waals surface area contributed by atoms with Gasteiger partial charge in [0.2, 0.25) is 0 Å². The maximum Gasteiger partial charge on any atom is 0.0218 e. The van der Waals surface area contributed by atoms with Gasteiger partial charge in [-0.3, -0.25) is 0 Å². The van der Waals surface area contributed by atoms with E-state index in [2.05, 4.69) is 111 Å². The Morgan fingerprint density at radius 1 is 0.490 bits per heavy atom. The lowest BCUT2D eigenvalue weighted by atomic mass is 9.83. The average molecular weight is 689 g/mol. The normalized spacial score (nSPS) is 20.8. The van der Waals surface area contributed by atoms with Gasteiger partial charge in [-0.2, -0.15) is 0 Å². The molecule has 51 heavy (non-hydrogen) atoms. The lowest BCUT2D eigenvalue weighted by Crippen LogP contribution is -2.08. The van der Waals surface area contributed by atoms with E-state index in [0.29, 0.717) is 11.8 Å². The topological polar surface area (TPSA) is 0 Å². The van der Waals surface area contributed by atoms with Gasteiger partial charge in [0.05, 0.1) is 0 Å². The lowest BCUT2D eigenvalue weighted by molar-refractivity contribution is 0.443. The van der Waals surface area contributed by atoms with Crippen molar-refractivity contribution in [2.45, 2.75) is 139 Å². The molecule has 0 aliphatic heterocycles. The second-order valence-corrected chi connectivity index (χ2v) is 18.4. The Morgan fingerprint density at radius 2 is 0.902 bits per heavy atom. The smallest absolute Gasteiger partial charge is 0.0218 e. The maximum atomic E-state index is 2.61. The highest BCUT2D eigenvalue weighted by atomic mass is 28.2. The summed E-state index contributed by atoms with van der Waals surface area (Å²) in [5.74, 6) is 2.76. The van der Waals surface area contributed by atoms with Gasteiger partial charge >= 0.3 is 0 Å². The standard InChI is InChI=1S/C50H60Si/c1-3-13-41-31-47-43(39-27-23-37(24-28-39)35-15-7-5-8-16-35)19-11-21-45(47)49(41)33-51-34-50-42(14-4-2)32-48-44(20-12-22-46(48)50)40-29-25-38(26-30-40)36-17-9-6-10-18-36/h11-12,19-32,35-36,49-50H,3-10,13-18,33-34,51H2,1-2H3. The number of benzene rings is 4. The predicted molar refractivity (Wildman–Crippen MR) is 225 cm³/mol. The first kappa shape index (κ1) is 34.7. The molecule has 0 heterocycles. The van der Waals surface area contributed by atoms with Crippen molar-refractivity contribution < 1.29 is 0 Å². The molecule has 0 spiro atoms. The molecule has 0 N–H and O–H groups in total. The minimum atomic E-state index is -0.290. The first-order chi connectivity index (χ1) is 25.2. The molecule has 4 aromatic rings. The summed E-state index contributed by atoms with van der Waals surface area (Å²) in [5, 5.41) is 0. The molecular formula is C50H60Si. The molecule has 2 atom stereocenters. The minimum Gasteiger partial charge on any atom is -0.0651 e. The number of hydrogen-bond donors (Lipinski definition) is 0. The molecule has 2 saturated carbocycles. The fourth-order valence-electron chi connectivity index (χ4n) is 10.6. The maximum absolute atomic E-state index is 2.61. The second kappa shape index (κ2) is 16.1. The fraction of sp³-hybridized carbons (Fsp3) is 0.440. The van der Waals surface area contributed by atoms with Gasteiger partial charge in [-0.15, -0.1) is 0 Å². The van der Waals surface area contributed by atoms with Crippen LogP contribution in [0.15, 0.2) is 96.1 Å². The van der Waals surface area contributed by atoms with Crippen LogP contribution in [0.25, 0.3) is 34.4 Å². The zero-order valence-corrected chi connectivity index (χ0v) is 33.0. The molecule has 264 valence electrons. The third-order valence-electron chi connectivity index (χ3n) is 13.2. The minimum absolute atomic E-state index is 0.290. The molecule has 1 heteroatoms. The molecule has 2 unspecified atom stereocenters. The van der Waals surface area contributed by atoms with E-state index in [0.717, 1.165) is 11.8 Å². The third kappa shape index (κ3) is 7.30. The summed E-state index contributed by atoms with van der Waals surface area (Å²) in [6.45, 7) is 4.73. The van der Waals surface area contributed by atoms with E-state index in [9.17, 15) is 0 Å². The molecular weight excluding hydrogens is 629 g/mol. The molecule has 0 bridgehead atoms. The van der Waals surface area contributed by atoms with Gasteiger partial charge in [0.25, 0.3) is 0 Å². The Balaban J connectivity index is 0.997. The van der Waals surface area contributed by atoms with Crippen molar-refractivity contribution in [2.75, 3.05) is 0 Å². The van der Waals surface area contributed by atoms with Crippen LogP contribution in [0.5, 0.6) is 0 Å². The highest BCUT2D eigenvalue weighted by Crippen LogP contribution is 2.48. The van der Waals surface area contributed by atoms with Crippen LogP contribution in [0.2, 0.25) is 12.1 Å². The van der Waals surface area contributed by atoms with E-state index in [1.54, 1.807) is 33.4 Å². The van der Waals surface area contributed by atoms with Crippen molar-refractivity contribution in [3.05, 3.63) is 129 Å². The summed E-state index contributed by atoms with van der Waals surface area (Å²) < 4.78 is 0. The highest BCUT2D eigenvalue weighted by Gasteiger charge is 2.30. The van der Waals surface area contributed by atoms with Crippen molar-refractivity contribution in [1.82, 2.24) is 0 Å². The molecule has 0 radical (unpaired) electrons. The molecule has 4 aromatic carbocycles. The van der Waals surface area contributed by atoms with Crippen LogP contribution in [0.4, 0.5) is 0 Å². The first-order valence-corrected chi connectivity index (χ1v) is 23.1. The van der Waals surface area contributed by atoms with E-state index in [4.69, 9.17) is 0 Å². The Hall–Kier alpha value is -3.42. The summed E-state index contributed by atoms with van der Waals surface area (Å²) >= 11 is 0. The number of hydrogen-bond acceptors (Lipinski definition) is 0. The Labute approximate surface area is 311 Å². The number of fused-ring (bicyclic) bond motifs is 2. The van der Waals surface area contributed by atoms with Crippen LogP contribution in [0.3, 0.4) is 0 Å². The second-order valence-electron chi connectivity index (χ2n) is 16.5. The van der Waals surface area contributed by atoms with Crippen LogP contribution in [-0.2, 0) is 0 Å². The van der Waals surface area contributed by atoms with Gasteiger partial charge in [-0.05, 0) is 106 Å². The first-order valence-electron chi connectivity index (χ1n) is 21.1. The van der Waals surface area contributed by atoms with Crippen LogP contribution >= 0.6 is 0 Å². The third-order valence-corrected chi connectivity index (χ3v) is 15.2. The Kier molecular flexibility index (Phi) is 10.9. The predicted octanol–water partition coefficient (Wildman–Crippen LogP) is 14.4. The molecule has 4 aliphatic rings. The van der Waals surface area contributed by atoms with Crippen LogP contribution in [0, 0.1) is 0 Å². The van der Waals surface area contributed by atoms with E-state index in [1.165, 1.54) is 135 Å². The van der Waals surface area contributed by atoms with Crippen LogP contribution in [-0.4, -0.2) is 9.52 Å². The molecule has 0 amide bonds. The van der Waals surface area contributed by atoms with Crippen molar-refractivity contribution >= 4 is 21.7 Å². The SMILES string of the molecule is CCCC1=Cc2c(-c3ccc(C4CCCCC4)cc3)cccc2C1C[SiH2]CC1C(CCC)=Cc2c(-c3ccc(C4CCCCC4)cc3)cccc21. The molecule has 0 aromatic heterocycles.